The minimum atomic E-state index is -1.55. The molecule has 6 atom stereocenters. The monoisotopic (exact) mass is 1110 g/mol. The van der Waals surface area contributed by atoms with E-state index in [0.29, 0.717) is 51.1 Å². The van der Waals surface area contributed by atoms with Crippen LogP contribution in [0.2, 0.25) is 0 Å². The number of carbonyl (C=O) groups is 10. The van der Waals surface area contributed by atoms with Crippen molar-refractivity contribution < 1.29 is 65.7 Å². The number of carbonyl (C=O) groups excluding carboxylic acids is 10. The topological polar surface area (TPSA) is 307 Å². The van der Waals surface area contributed by atoms with Crippen LogP contribution in [0.3, 0.4) is 0 Å². The lowest BCUT2D eigenvalue weighted by molar-refractivity contribution is -0.145. The Bertz CT molecular complexity index is 2960. The van der Waals surface area contributed by atoms with Gasteiger partial charge in [0.15, 0.2) is 11.4 Å². The lowest BCUT2D eigenvalue weighted by Gasteiger charge is -2.34. The predicted molar refractivity (Wildman–Crippen MR) is 288 cm³/mol. The summed E-state index contributed by atoms with van der Waals surface area (Å²) < 4.78 is 5.23. The second kappa shape index (κ2) is 25.1. The van der Waals surface area contributed by atoms with Gasteiger partial charge >= 0.3 is 0 Å². The number of rotatable bonds is 5. The Morgan fingerprint density at radius 3 is 1.47 bits per heavy atom. The molecule has 27 heteroatoms. The summed E-state index contributed by atoms with van der Waals surface area (Å²) in [6, 6.07) is 4.46. The van der Waals surface area contributed by atoms with Crippen LogP contribution < -0.4 is 26.0 Å². The second-order valence-electron chi connectivity index (χ2n) is 17.6. The highest BCUT2D eigenvalue weighted by atomic mass is 33.1. The number of nitrogens with zero attached hydrogens (tertiary/aromatic N) is 6. The molecule has 0 spiro atoms. The van der Waals surface area contributed by atoms with Crippen LogP contribution >= 0.6 is 45.1 Å². The van der Waals surface area contributed by atoms with Gasteiger partial charge in [0.1, 0.15) is 41.4 Å². The molecule has 6 rings (SSSR count). The van der Waals surface area contributed by atoms with Gasteiger partial charge in [-0.2, -0.15) is 0 Å². The molecule has 2 aliphatic rings. The van der Waals surface area contributed by atoms with Gasteiger partial charge in [-0.1, -0.05) is 56.7 Å². The quantitative estimate of drug-likeness (QED) is 0.154. The Labute approximate surface area is 450 Å². The van der Waals surface area contributed by atoms with Gasteiger partial charge in [-0.05, 0) is 63.2 Å². The summed E-state index contributed by atoms with van der Waals surface area (Å²) in [6.07, 6.45) is 0. The summed E-state index contributed by atoms with van der Waals surface area (Å²) in [7, 11) is 8.89. The highest BCUT2D eigenvalue weighted by molar-refractivity contribution is 8.76. The van der Waals surface area contributed by atoms with Crippen molar-refractivity contribution in [1.29, 1.82) is 0 Å². The third-order valence-electron chi connectivity index (χ3n) is 12.6. The molecule has 2 aromatic heterocycles. The van der Waals surface area contributed by atoms with Crippen LogP contribution in [0.25, 0.3) is 21.8 Å². The zero-order valence-corrected chi connectivity index (χ0v) is 45.3. The normalized spacial score (nSPS) is 22.9. The summed E-state index contributed by atoms with van der Waals surface area (Å²) in [5, 5.41) is 31.3. The molecule has 2 aliphatic heterocycles. The molecule has 404 valence electrons. The maximum absolute atomic E-state index is 14.4. The minimum absolute atomic E-state index is 0. The van der Waals surface area contributed by atoms with Crippen LogP contribution in [0.5, 0.6) is 17.2 Å². The number of methoxy groups -OCH3 is 1. The van der Waals surface area contributed by atoms with Crippen LogP contribution in [0.4, 0.5) is 0 Å². The first-order chi connectivity index (χ1) is 35.5. The Balaban J connectivity index is 0.00000640. The van der Waals surface area contributed by atoms with E-state index in [1.54, 1.807) is 36.4 Å². The zero-order valence-electron chi connectivity index (χ0n) is 42.0. The van der Waals surface area contributed by atoms with Crippen LogP contribution in [0.15, 0.2) is 48.5 Å². The Morgan fingerprint density at radius 2 is 1.04 bits per heavy atom. The highest BCUT2D eigenvalue weighted by Crippen LogP contribution is 2.30. The summed E-state index contributed by atoms with van der Waals surface area (Å²) >= 11 is 1.17. The molecule has 4 heterocycles. The van der Waals surface area contributed by atoms with E-state index in [1.165, 1.54) is 61.3 Å². The molecule has 2 bridgehead atoms. The fraction of sp³-hybridized carbons (Fsp3) is 0.417. The number of pyridine rings is 2. The summed E-state index contributed by atoms with van der Waals surface area (Å²) in [5.74, 6) is -8.52. The standard InChI is InChI=1S/C48H56N10O13S4.2H2/c1-23-9-11-29-26(13-23)15-35(59)39(51-29)43(65)53-31-19-72-47(69)24(2)55(4)45(67)34-22-75-74-21-33(57(6)37(61)17-49-41(31)63)46(68)56(5)25(3)48(70)73-20-32(42(64)50-18-38(62)58(34)7)54-44(66)40-36(60)16-27-14-28(71-8)10-12-30(27)52-40;;/h9-16,24-25,31-34,59-60H,17-22H2,1-8H3,(H,49,63)(H,50,64)(H,53,65)(H,54,66);2*1H/t24-,25-,31+,32+,33-,34-;;/m0../s1/i;2*1+1. The molecular weight excluding hydrogens is 1050 g/mol. The zero-order chi connectivity index (χ0) is 55.0. The maximum atomic E-state index is 14.4. The Morgan fingerprint density at radius 1 is 0.627 bits per heavy atom. The number of ether oxygens (including phenoxy) is 1. The van der Waals surface area contributed by atoms with Crippen molar-refractivity contribution in [3.8, 4) is 17.2 Å². The van der Waals surface area contributed by atoms with Crippen molar-refractivity contribution in [3.63, 3.8) is 0 Å². The van der Waals surface area contributed by atoms with E-state index >= 15 is 0 Å². The minimum Gasteiger partial charge on any atom is -0.505 e. The lowest BCUT2D eigenvalue weighted by Crippen LogP contribution is -2.56. The Kier molecular flexibility index (Phi) is 19.2. The average molecular weight is 1120 g/mol. The van der Waals surface area contributed by atoms with Crippen LogP contribution in [0.1, 0.15) is 43.2 Å². The number of fused-ring (bicyclic) bond motifs is 7. The molecule has 4 aromatic rings. The number of amides is 8. The molecule has 6 N–H and O–H groups in total. The number of thioether (sulfide) groups is 2. The molecule has 8 amide bonds. The van der Waals surface area contributed by atoms with Gasteiger partial charge in [0, 0.05) is 64.8 Å². The summed E-state index contributed by atoms with van der Waals surface area (Å²) in [4.78, 5) is 153. The molecule has 23 nitrogen and oxygen atoms in total. The number of likely N-dealkylation sites (N-methyl/N-ethyl adjacent to an activating group) is 4. The molecule has 75 heavy (non-hydrogen) atoms. The van der Waals surface area contributed by atoms with E-state index in [4.69, 9.17) is 4.74 Å². The molecule has 0 aliphatic carbocycles. The smallest absolute Gasteiger partial charge is 0.274 e. The third-order valence-corrected chi connectivity index (χ3v) is 17.2. The summed E-state index contributed by atoms with van der Waals surface area (Å²) in [5.41, 5.74) is 0.676. The number of aryl methyl sites for hydroxylation is 1. The Hall–Kier alpha value is -6.84. The molecule has 2 aromatic carbocycles. The van der Waals surface area contributed by atoms with Crippen molar-refractivity contribution >= 4 is 124 Å². The van der Waals surface area contributed by atoms with Crippen molar-refractivity contribution in [3.05, 3.63) is 65.5 Å². The second-order valence-corrected chi connectivity index (χ2v) is 22.2. The fourth-order valence-electron chi connectivity index (χ4n) is 7.54. The van der Waals surface area contributed by atoms with Crippen LogP contribution in [-0.2, 0) is 38.4 Å². The van der Waals surface area contributed by atoms with E-state index in [9.17, 15) is 58.2 Å². The number of hydrogen-bond donors (Lipinski definition) is 6. The van der Waals surface area contributed by atoms with Crippen molar-refractivity contribution in [1.82, 2.24) is 50.8 Å². The molecule has 2 fully saturated rings. The van der Waals surface area contributed by atoms with Gasteiger partial charge in [-0.15, -0.1) is 0 Å². The van der Waals surface area contributed by atoms with E-state index in [0.717, 1.165) is 46.8 Å². The molecule has 0 saturated carbocycles. The van der Waals surface area contributed by atoms with Gasteiger partial charge in [0.2, 0.25) is 45.7 Å². The molecule has 0 unspecified atom stereocenters. The lowest BCUT2D eigenvalue weighted by atomic mass is 10.1. The van der Waals surface area contributed by atoms with E-state index in [1.807, 2.05) is 6.92 Å². The first kappa shape index (κ1) is 57.4. The SMILES string of the molecule is COc1ccc2nc(C(=O)N[C@@H]3CSC(=O)[C@H](C)N(C)C(=O)[C@@H]4CSSC[C@@H](C(=O)N(C)[C@@H](C)C(=O)SC[C@@H](NC(=O)c5nc6ccc(C)cc6cc5O)C(=O)NCC(=O)N4C)N(C)C(=O)CNC3=O)c(O)cc2c1.[2HH].[2HH]. The largest absolute Gasteiger partial charge is 0.505 e. The number of nitrogens with one attached hydrogen (secondary N) is 4. The van der Waals surface area contributed by atoms with Crippen LogP contribution in [-0.4, -0.2) is 205 Å². The fourth-order valence-corrected chi connectivity index (χ4v) is 12.0. The maximum Gasteiger partial charge on any atom is 0.274 e. The third kappa shape index (κ3) is 13.7. The molecular formula is C48H60N10O13S4. The van der Waals surface area contributed by atoms with Crippen LogP contribution in [0, 0.1) is 6.92 Å². The summed E-state index contributed by atoms with van der Waals surface area (Å²) in [6.45, 7) is 3.28. The van der Waals surface area contributed by atoms with Gasteiger partial charge in [-0.25, -0.2) is 9.97 Å². The first-order valence-electron chi connectivity index (χ1n) is 23.1. The highest BCUT2D eigenvalue weighted by Gasteiger charge is 2.38. The molecule has 2 saturated heterocycles. The van der Waals surface area contributed by atoms with E-state index < -0.39 is 141 Å². The number of aromatic nitrogens is 2. The van der Waals surface area contributed by atoms with Crippen molar-refractivity contribution in [2.45, 2.75) is 57.0 Å². The number of hydrogen-bond acceptors (Lipinski definition) is 19. The van der Waals surface area contributed by atoms with Gasteiger partial charge in [-0.3, -0.25) is 47.9 Å². The van der Waals surface area contributed by atoms with Gasteiger partial charge < -0.3 is 55.8 Å². The van der Waals surface area contributed by atoms with E-state index in [2.05, 4.69) is 31.2 Å². The van der Waals surface area contributed by atoms with Gasteiger partial charge in [0.05, 0.1) is 43.3 Å². The number of aromatic hydroxyl groups is 2. The van der Waals surface area contributed by atoms with E-state index in [-0.39, 0.29) is 14.4 Å². The predicted octanol–water partition coefficient (Wildman–Crippen LogP) is 1.41. The van der Waals surface area contributed by atoms with Crippen molar-refractivity contribution in [2.75, 3.05) is 71.4 Å². The van der Waals surface area contributed by atoms with Gasteiger partial charge in [0.25, 0.3) is 11.8 Å². The van der Waals surface area contributed by atoms with Crippen molar-refractivity contribution in [2.24, 2.45) is 0 Å². The number of benzene rings is 2. The molecule has 0 radical (unpaired) electrons. The first-order valence-corrected chi connectivity index (χ1v) is 27.5. The average Bonchev–Trinajstić information content (AvgIpc) is 3.39.